The molecule has 1 amide bonds. The number of likely N-dealkylation sites (tertiary alicyclic amines) is 1. The van der Waals surface area contributed by atoms with Crippen molar-refractivity contribution < 1.29 is 9.32 Å². The Balaban J connectivity index is 1.99. The Morgan fingerprint density at radius 3 is 2.91 bits per heavy atom. The lowest BCUT2D eigenvalue weighted by Gasteiger charge is -2.30. The Morgan fingerprint density at radius 1 is 1.41 bits per heavy atom. The Labute approximate surface area is 135 Å². The molecule has 1 aliphatic rings. The van der Waals surface area contributed by atoms with Crippen LogP contribution in [0.15, 0.2) is 28.8 Å². The fourth-order valence-corrected chi connectivity index (χ4v) is 3.22. The van der Waals surface area contributed by atoms with E-state index in [0.717, 1.165) is 25.1 Å². The molecule has 0 radical (unpaired) electrons. The fourth-order valence-electron chi connectivity index (χ4n) is 2.99. The first-order chi connectivity index (χ1) is 10.6. The summed E-state index contributed by atoms with van der Waals surface area (Å²) in [6, 6.07) is 7.38. The predicted octanol–water partition coefficient (Wildman–Crippen LogP) is 4.18. The number of rotatable bonds is 2. The number of hydrogen-bond donors (Lipinski definition) is 0. The molecule has 5 heteroatoms. The van der Waals surface area contributed by atoms with Crippen molar-refractivity contribution in [3.63, 3.8) is 0 Å². The summed E-state index contributed by atoms with van der Waals surface area (Å²) >= 11 is 6.25. The first-order valence-corrected chi connectivity index (χ1v) is 7.96. The fraction of sp³-hybridized carbons (Fsp3) is 0.412. The van der Waals surface area contributed by atoms with E-state index in [9.17, 15) is 4.79 Å². The molecule has 1 atom stereocenters. The maximum atomic E-state index is 12.9. The van der Waals surface area contributed by atoms with E-state index >= 15 is 0 Å². The Hall–Kier alpha value is -1.81. The Bertz CT molecular complexity index is 696. The van der Waals surface area contributed by atoms with Gasteiger partial charge in [-0.25, -0.2) is 0 Å². The van der Waals surface area contributed by atoms with E-state index in [4.69, 9.17) is 16.1 Å². The number of nitrogens with zero attached hydrogens (tertiary/aromatic N) is 2. The van der Waals surface area contributed by atoms with Gasteiger partial charge in [-0.2, -0.15) is 0 Å². The first-order valence-electron chi connectivity index (χ1n) is 7.58. The molecule has 0 bridgehead atoms. The zero-order valence-electron chi connectivity index (χ0n) is 12.8. The molecule has 0 saturated carbocycles. The van der Waals surface area contributed by atoms with Crippen LogP contribution in [-0.4, -0.2) is 29.1 Å². The van der Waals surface area contributed by atoms with Gasteiger partial charge < -0.3 is 9.42 Å². The highest BCUT2D eigenvalue weighted by atomic mass is 35.5. The van der Waals surface area contributed by atoms with Gasteiger partial charge in [0, 0.05) is 18.7 Å². The third-order valence-corrected chi connectivity index (χ3v) is 4.48. The number of halogens is 1. The van der Waals surface area contributed by atoms with Gasteiger partial charge in [0.2, 0.25) is 0 Å². The van der Waals surface area contributed by atoms with Crippen LogP contribution in [0.3, 0.4) is 0 Å². The van der Waals surface area contributed by atoms with Gasteiger partial charge in [0.1, 0.15) is 17.0 Å². The van der Waals surface area contributed by atoms with E-state index in [-0.39, 0.29) is 5.91 Å². The van der Waals surface area contributed by atoms with E-state index in [1.54, 1.807) is 13.0 Å². The van der Waals surface area contributed by atoms with E-state index in [2.05, 4.69) is 12.1 Å². The smallest absolute Gasteiger partial charge is 0.259 e. The van der Waals surface area contributed by atoms with E-state index in [1.807, 2.05) is 23.1 Å². The summed E-state index contributed by atoms with van der Waals surface area (Å²) in [4.78, 5) is 14.8. The van der Waals surface area contributed by atoms with Crippen molar-refractivity contribution in [2.45, 2.75) is 26.7 Å². The molecule has 2 aromatic rings. The molecule has 1 saturated heterocycles. The van der Waals surface area contributed by atoms with Crippen molar-refractivity contribution in [1.29, 1.82) is 0 Å². The lowest BCUT2D eigenvalue weighted by atomic mass is 9.98. The highest BCUT2D eigenvalue weighted by molar-refractivity contribution is 6.33. The molecule has 0 aliphatic carbocycles. The van der Waals surface area contributed by atoms with Crippen molar-refractivity contribution in [1.82, 2.24) is 10.1 Å². The molecule has 116 valence electrons. The lowest BCUT2D eigenvalue weighted by molar-refractivity contribution is 0.0682. The predicted molar refractivity (Wildman–Crippen MR) is 86.0 cm³/mol. The topological polar surface area (TPSA) is 46.3 Å². The van der Waals surface area contributed by atoms with Crippen LogP contribution in [0.5, 0.6) is 0 Å². The third-order valence-electron chi connectivity index (χ3n) is 4.15. The molecule has 3 rings (SSSR count). The summed E-state index contributed by atoms with van der Waals surface area (Å²) in [7, 11) is 0. The number of benzene rings is 1. The van der Waals surface area contributed by atoms with Crippen LogP contribution in [0, 0.1) is 12.8 Å². The van der Waals surface area contributed by atoms with Crippen molar-refractivity contribution in [3.05, 3.63) is 40.6 Å². The molecule has 0 N–H and O–H groups in total. The van der Waals surface area contributed by atoms with Crippen molar-refractivity contribution in [2.75, 3.05) is 13.1 Å². The van der Waals surface area contributed by atoms with Crippen LogP contribution in [0.2, 0.25) is 5.02 Å². The number of aryl methyl sites for hydroxylation is 1. The van der Waals surface area contributed by atoms with Crippen LogP contribution < -0.4 is 0 Å². The van der Waals surface area contributed by atoms with E-state index in [0.29, 0.717) is 28.0 Å². The average molecular weight is 319 g/mol. The lowest BCUT2D eigenvalue weighted by Crippen LogP contribution is -2.39. The summed E-state index contributed by atoms with van der Waals surface area (Å²) in [6.07, 6.45) is 2.21. The molecule has 0 spiro atoms. The van der Waals surface area contributed by atoms with E-state index < -0.39 is 0 Å². The SMILES string of the molecule is Cc1onc(-c2ccccc2Cl)c1C(=O)N1CCC[C@@H](C)C1. The normalized spacial score (nSPS) is 18.5. The van der Waals surface area contributed by atoms with Crippen LogP contribution >= 0.6 is 11.6 Å². The van der Waals surface area contributed by atoms with Crippen molar-refractivity contribution in [3.8, 4) is 11.3 Å². The molecule has 1 fully saturated rings. The van der Waals surface area contributed by atoms with Crippen molar-refractivity contribution in [2.24, 2.45) is 5.92 Å². The maximum absolute atomic E-state index is 12.9. The molecule has 1 aromatic heterocycles. The number of aromatic nitrogens is 1. The van der Waals surface area contributed by atoms with Gasteiger partial charge in [-0.3, -0.25) is 4.79 Å². The first kappa shape index (κ1) is 15.1. The van der Waals surface area contributed by atoms with Gasteiger partial charge in [0.05, 0.1) is 5.02 Å². The van der Waals surface area contributed by atoms with Gasteiger partial charge in [-0.05, 0) is 31.7 Å². The molecule has 4 nitrogen and oxygen atoms in total. The minimum Gasteiger partial charge on any atom is -0.360 e. The van der Waals surface area contributed by atoms with Gasteiger partial charge >= 0.3 is 0 Å². The van der Waals surface area contributed by atoms with Crippen LogP contribution in [0.4, 0.5) is 0 Å². The Kier molecular flexibility index (Phi) is 4.21. The number of carbonyl (C=O) groups is 1. The minimum absolute atomic E-state index is 0.0137. The maximum Gasteiger partial charge on any atom is 0.259 e. The zero-order valence-corrected chi connectivity index (χ0v) is 13.6. The molecular weight excluding hydrogens is 300 g/mol. The second kappa shape index (κ2) is 6.13. The largest absolute Gasteiger partial charge is 0.360 e. The second-order valence-electron chi connectivity index (χ2n) is 5.94. The van der Waals surface area contributed by atoms with Gasteiger partial charge in [0.25, 0.3) is 5.91 Å². The molecule has 1 aliphatic heterocycles. The number of piperidine rings is 1. The highest BCUT2D eigenvalue weighted by Crippen LogP contribution is 2.32. The van der Waals surface area contributed by atoms with Gasteiger partial charge in [-0.15, -0.1) is 0 Å². The summed E-state index contributed by atoms with van der Waals surface area (Å²) in [5.41, 5.74) is 1.79. The Morgan fingerprint density at radius 2 is 2.18 bits per heavy atom. The third kappa shape index (κ3) is 2.75. The molecule has 1 aromatic carbocycles. The quantitative estimate of drug-likeness (QED) is 0.834. The number of hydrogen-bond acceptors (Lipinski definition) is 3. The summed E-state index contributed by atoms with van der Waals surface area (Å²) in [5, 5.41) is 4.64. The molecule has 22 heavy (non-hydrogen) atoms. The second-order valence-corrected chi connectivity index (χ2v) is 6.35. The molecule has 0 unspecified atom stereocenters. The minimum atomic E-state index is -0.0137. The zero-order chi connectivity index (χ0) is 15.7. The number of amides is 1. The number of carbonyl (C=O) groups excluding carboxylic acids is 1. The highest BCUT2D eigenvalue weighted by Gasteiger charge is 2.29. The summed E-state index contributed by atoms with van der Waals surface area (Å²) in [5.74, 6) is 1.06. The van der Waals surface area contributed by atoms with Gasteiger partial charge in [0.15, 0.2) is 0 Å². The molecular formula is C17H19ClN2O2. The monoisotopic (exact) mass is 318 g/mol. The summed E-state index contributed by atoms with van der Waals surface area (Å²) < 4.78 is 5.29. The standard InChI is InChI=1S/C17H19ClN2O2/c1-11-6-5-9-20(10-11)17(21)15-12(2)22-19-16(15)13-7-3-4-8-14(13)18/h3-4,7-8,11H,5-6,9-10H2,1-2H3/t11-/m1/s1. The van der Waals surface area contributed by atoms with Crippen LogP contribution in [0.1, 0.15) is 35.9 Å². The summed E-state index contributed by atoms with van der Waals surface area (Å²) in [6.45, 7) is 5.52. The van der Waals surface area contributed by atoms with Crippen molar-refractivity contribution >= 4 is 17.5 Å². The van der Waals surface area contributed by atoms with Crippen LogP contribution in [0.25, 0.3) is 11.3 Å². The molecule has 2 heterocycles. The van der Waals surface area contributed by atoms with Crippen LogP contribution in [-0.2, 0) is 0 Å². The van der Waals surface area contributed by atoms with E-state index in [1.165, 1.54) is 6.42 Å². The average Bonchev–Trinajstić information content (AvgIpc) is 2.88. The van der Waals surface area contributed by atoms with Gasteiger partial charge in [-0.1, -0.05) is 41.9 Å².